The van der Waals surface area contributed by atoms with Crippen molar-refractivity contribution in [1.29, 1.82) is 0 Å². The number of ether oxygens (including phenoxy) is 2. The Kier molecular flexibility index (Phi) is 4.04. The normalized spacial score (nSPS) is 20.8. The standard InChI is InChI=1S/C12H16ClNO2/c1-9-6-10(2-3-12(9)13)16-8-11-7-14-4-5-15-11/h2-3,6,11,14H,4-5,7-8H2,1H3. The lowest BCUT2D eigenvalue weighted by Gasteiger charge is -2.23. The van der Waals surface area contributed by atoms with Crippen molar-refractivity contribution in [1.82, 2.24) is 5.32 Å². The van der Waals surface area contributed by atoms with Gasteiger partial charge in [-0.25, -0.2) is 0 Å². The van der Waals surface area contributed by atoms with Crippen molar-refractivity contribution in [3.05, 3.63) is 28.8 Å². The van der Waals surface area contributed by atoms with Crippen molar-refractivity contribution in [3.8, 4) is 5.75 Å². The number of aryl methyl sites for hydroxylation is 1. The summed E-state index contributed by atoms with van der Waals surface area (Å²) in [7, 11) is 0. The maximum Gasteiger partial charge on any atom is 0.119 e. The first kappa shape index (κ1) is 11.7. The number of halogens is 1. The van der Waals surface area contributed by atoms with Gasteiger partial charge in [-0.2, -0.15) is 0 Å². The van der Waals surface area contributed by atoms with Gasteiger partial charge >= 0.3 is 0 Å². The predicted molar refractivity (Wildman–Crippen MR) is 64.3 cm³/mol. The molecule has 1 unspecified atom stereocenters. The highest BCUT2D eigenvalue weighted by Gasteiger charge is 2.13. The molecular weight excluding hydrogens is 226 g/mol. The highest BCUT2D eigenvalue weighted by molar-refractivity contribution is 6.31. The van der Waals surface area contributed by atoms with Gasteiger partial charge in [0.2, 0.25) is 0 Å². The molecule has 1 aliphatic heterocycles. The van der Waals surface area contributed by atoms with Crippen molar-refractivity contribution in [2.75, 3.05) is 26.3 Å². The van der Waals surface area contributed by atoms with E-state index in [-0.39, 0.29) is 6.10 Å². The summed E-state index contributed by atoms with van der Waals surface area (Å²) >= 11 is 5.94. The molecule has 16 heavy (non-hydrogen) atoms. The van der Waals surface area contributed by atoms with Gasteiger partial charge in [0.05, 0.1) is 6.61 Å². The summed E-state index contributed by atoms with van der Waals surface area (Å²) in [5.74, 6) is 0.844. The largest absolute Gasteiger partial charge is 0.491 e. The van der Waals surface area contributed by atoms with Gasteiger partial charge in [0, 0.05) is 18.1 Å². The quantitative estimate of drug-likeness (QED) is 0.878. The molecule has 1 aromatic rings. The molecule has 0 radical (unpaired) electrons. The molecule has 1 fully saturated rings. The molecule has 1 heterocycles. The van der Waals surface area contributed by atoms with E-state index in [4.69, 9.17) is 21.1 Å². The fourth-order valence-electron chi connectivity index (χ4n) is 1.62. The van der Waals surface area contributed by atoms with Crippen molar-refractivity contribution in [2.45, 2.75) is 13.0 Å². The van der Waals surface area contributed by atoms with E-state index < -0.39 is 0 Å². The van der Waals surface area contributed by atoms with Crippen LogP contribution in [0, 0.1) is 6.92 Å². The number of benzene rings is 1. The minimum Gasteiger partial charge on any atom is -0.491 e. The van der Waals surface area contributed by atoms with Crippen LogP contribution in [0.4, 0.5) is 0 Å². The molecule has 1 saturated heterocycles. The van der Waals surface area contributed by atoms with E-state index in [2.05, 4.69) is 5.32 Å². The van der Waals surface area contributed by atoms with Gasteiger partial charge in [-0.1, -0.05) is 11.6 Å². The Bertz CT molecular complexity index is 351. The molecule has 0 spiro atoms. The monoisotopic (exact) mass is 241 g/mol. The Morgan fingerprint density at radius 1 is 1.56 bits per heavy atom. The zero-order valence-electron chi connectivity index (χ0n) is 9.33. The van der Waals surface area contributed by atoms with Crippen LogP contribution in [-0.2, 0) is 4.74 Å². The number of morpholine rings is 1. The molecule has 1 N–H and O–H groups in total. The third kappa shape index (κ3) is 3.11. The minimum atomic E-state index is 0.143. The van der Waals surface area contributed by atoms with Crippen LogP contribution < -0.4 is 10.1 Å². The van der Waals surface area contributed by atoms with Crippen molar-refractivity contribution >= 4 is 11.6 Å². The number of rotatable bonds is 3. The molecule has 1 aliphatic rings. The summed E-state index contributed by atoms with van der Waals surface area (Å²) in [6, 6.07) is 5.68. The molecule has 1 atom stereocenters. The molecule has 0 saturated carbocycles. The first-order valence-corrected chi connectivity index (χ1v) is 5.85. The van der Waals surface area contributed by atoms with Crippen LogP contribution in [0.5, 0.6) is 5.75 Å². The van der Waals surface area contributed by atoms with Crippen LogP contribution in [0.15, 0.2) is 18.2 Å². The lowest BCUT2D eigenvalue weighted by Crippen LogP contribution is -2.41. The van der Waals surface area contributed by atoms with E-state index in [0.29, 0.717) is 6.61 Å². The highest BCUT2D eigenvalue weighted by atomic mass is 35.5. The highest BCUT2D eigenvalue weighted by Crippen LogP contribution is 2.21. The van der Waals surface area contributed by atoms with Crippen LogP contribution in [0.2, 0.25) is 5.02 Å². The van der Waals surface area contributed by atoms with E-state index in [1.54, 1.807) is 0 Å². The second-order valence-electron chi connectivity index (χ2n) is 3.92. The molecule has 0 bridgehead atoms. The van der Waals surface area contributed by atoms with Crippen molar-refractivity contribution < 1.29 is 9.47 Å². The Morgan fingerprint density at radius 2 is 2.44 bits per heavy atom. The van der Waals surface area contributed by atoms with Gasteiger partial charge in [-0.15, -0.1) is 0 Å². The molecule has 0 aliphatic carbocycles. The number of hydrogen-bond acceptors (Lipinski definition) is 3. The molecule has 4 heteroatoms. The van der Waals surface area contributed by atoms with Crippen LogP contribution >= 0.6 is 11.6 Å². The Labute approximate surface area is 101 Å². The lowest BCUT2D eigenvalue weighted by atomic mass is 10.2. The average Bonchev–Trinajstić information content (AvgIpc) is 2.32. The molecule has 1 aromatic carbocycles. The predicted octanol–water partition coefficient (Wildman–Crippen LogP) is 2.02. The maximum atomic E-state index is 5.94. The van der Waals surface area contributed by atoms with Gasteiger partial charge < -0.3 is 14.8 Å². The Balaban J connectivity index is 1.86. The SMILES string of the molecule is Cc1cc(OCC2CNCCO2)ccc1Cl. The minimum absolute atomic E-state index is 0.143. The summed E-state index contributed by atoms with van der Waals surface area (Å²) in [5, 5.41) is 4.03. The van der Waals surface area contributed by atoms with E-state index in [9.17, 15) is 0 Å². The Hall–Kier alpha value is -0.770. The summed E-state index contributed by atoms with van der Waals surface area (Å²) in [6.45, 7) is 5.08. The van der Waals surface area contributed by atoms with Gasteiger partial charge in [-0.05, 0) is 30.7 Å². The van der Waals surface area contributed by atoms with Gasteiger partial charge in [-0.3, -0.25) is 0 Å². The summed E-state index contributed by atoms with van der Waals surface area (Å²) in [6.07, 6.45) is 0.143. The summed E-state index contributed by atoms with van der Waals surface area (Å²) in [5.41, 5.74) is 1.03. The van der Waals surface area contributed by atoms with E-state index in [1.807, 2.05) is 25.1 Å². The molecule has 3 nitrogen and oxygen atoms in total. The van der Waals surface area contributed by atoms with Crippen molar-refractivity contribution in [2.24, 2.45) is 0 Å². The third-order valence-electron chi connectivity index (χ3n) is 2.57. The van der Waals surface area contributed by atoms with E-state index in [0.717, 1.165) is 36.0 Å². The smallest absolute Gasteiger partial charge is 0.119 e. The molecular formula is C12H16ClNO2. The van der Waals surface area contributed by atoms with Gasteiger partial charge in [0.15, 0.2) is 0 Å². The van der Waals surface area contributed by atoms with Crippen molar-refractivity contribution in [3.63, 3.8) is 0 Å². The summed E-state index contributed by atoms with van der Waals surface area (Å²) < 4.78 is 11.2. The van der Waals surface area contributed by atoms with Crippen LogP contribution in [0.25, 0.3) is 0 Å². The fraction of sp³-hybridized carbons (Fsp3) is 0.500. The molecule has 2 rings (SSSR count). The Morgan fingerprint density at radius 3 is 3.12 bits per heavy atom. The van der Waals surface area contributed by atoms with Gasteiger partial charge in [0.1, 0.15) is 18.5 Å². The van der Waals surface area contributed by atoms with Gasteiger partial charge in [0.25, 0.3) is 0 Å². The first-order chi connectivity index (χ1) is 7.75. The molecule has 0 aromatic heterocycles. The molecule has 0 amide bonds. The fourth-order valence-corrected chi connectivity index (χ4v) is 1.74. The number of nitrogens with one attached hydrogen (secondary N) is 1. The zero-order chi connectivity index (χ0) is 11.4. The second-order valence-corrected chi connectivity index (χ2v) is 4.33. The zero-order valence-corrected chi connectivity index (χ0v) is 10.1. The van der Waals surface area contributed by atoms with E-state index >= 15 is 0 Å². The van der Waals surface area contributed by atoms with Crippen LogP contribution in [-0.4, -0.2) is 32.4 Å². The van der Waals surface area contributed by atoms with Crippen LogP contribution in [0.3, 0.4) is 0 Å². The first-order valence-electron chi connectivity index (χ1n) is 5.47. The summed E-state index contributed by atoms with van der Waals surface area (Å²) in [4.78, 5) is 0. The average molecular weight is 242 g/mol. The van der Waals surface area contributed by atoms with E-state index in [1.165, 1.54) is 0 Å². The third-order valence-corrected chi connectivity index (χ3v) is 2.99. The van der Waals surface area contributed by atoms with Crippen LogP contribution in [0.1, 0.15) is 5.56 Å². The maximum absolute atomic E-state index is 5.94. The number of hydrogen-bond donors (Lipinski definition) is 1. The lowest BCUT2D eigenvalue weighted by molar-refractivity contribution is 0.000186. The molecule has 88 valence electrons. The topological polar surface area (TPSA) is 30.5 Å². The second kappa shape index (κ2) is 5.53.